The minimum absolute atomic E-state index is 0.0330. The van der Waals surface area contributed by atoms with Gasteiger partial charge in [-0.3, -0.25) is 5.32 Å². The molecule has 2 aromatic carbocycles. The summed E-state index contributed by atoms with van der Waals surface area (Å²) in [6.07, 6.45) is -3.27. The van der Waals surface area contributed by atoms with Crippen molar-refractivity contribution in [3.8, 4) is 0 Å². The van der Waals surface area contributed by atoms with Crippen molar-refractivity contribution in [3.05, 3.63) is 71.7 Å². The van der Waals surface area contributed by atoms with Gasteiger partial charge in [0.05, 0.1) is 11.5 Å². The molecule has 1 saturated heterocycles. The molecule has 0 spiro atoms. The molecule has 0 bridgehead atoms. The van der Waals surface area contributed by atoms with Crippen LogP contribution in [0.3, 0.4) is 0 Å². The lowest BCUT2D eigenvalue weighted by Gasteiger charge is -2.43. The van der Waals surface area contributed by atoms with Crippen molar-refractivity contribution in [3.63, 3.8) is 0 Å². The summed E-state index contributed by atoms with van der Waals surface area (Å²) in [5.41, 5.74) is -0.663. The smallest absolute Gasteiger partial charge is 0.413 e. The number of carbonyl (C=O) groups is 1. The first kappa shape index (κ1) is 33.3. The van der Waals surface area contributed by atoms with Gasteiger partial charge in [0.25, 0.3) is 8.32 Å². The molecule has 9 nitrogen and oxygen atoms in total. The third-order valence-electron chi connectivity index (χ3n) is 7.16. The Kier molecular flexibility index (Phi) is 9.87. The standard InChI is InChI=1S/C32H44N2O7SSi/c1-30(2,3)41-29(37)34-28-33-19-24(42-28)25(36)27-26(39-32(7,8)40-27)23(35)20-38-43(31(4,5)6,21-15-11-9-12-16-21)22-17-13-10-14-18-22/h9-19,23,25-27,35-36H,20H2,1-8H3,(H,33,34,37)/t23-,25?,26-,27-/m1/s1. The summed E-state index contributed by atoms with van der Waals surface area (Å²) >= 11 is 1.10. The quantitative estimate of drug-likeness (QED) is 0.284. The summed E-state index contributed by atoms with van der Waals surface area (Å²) in [7, 11) is -2.92. The van der Waals surface area contributed by atoms with Gasteiger partial charge >= 0.3 is 6.09 Å². The molecule has 3 N–H and O–H groups in total. The molecule has 0 aliphatic carbocycles. The highest BCUT2D eigenvalue weighted by Gasteiger charge is 2.53. The zero-order valence-corrected chi connectivity index (χ0v) is 28.0. The van der Waals surface area contributed by atoms with Crippen LogP contribution in [0, 0.1) is 0 Å². The highest BCUT2D eigenvalue weighted by molar-refractivity contribution is 7.15. The van der Waals surface area contributed by atoms with Crippen molar-refractivity contribution in [2.45, 2.75) is 96.2 Å². The predicted molar refractivity (Wildman–Crippen MR) is 170 cm³/mol. The Labute approximate surface area is 259 Å². The molecule has 0 radical (unpaired) electrons. The number of nitrogens with zero attached hydrogens (tertiary/aromatic N) is 1. The molecule has 1 aliphatic heterocycles. The summed E-state index contributed by atoms with van der Waals surface area (Å²) in [4.78, 5) is 16.9. The fraction of sp³-hybridized carbons (Fsp3) is 0.500. The van der Waals surface area contributed by atoms with E-state index in [1.165, 1.54) is 6.20 Å². The molecule has 3 aromatic rings. The first-order valence-electron chi connectivity index (χ1n) is 14.4. The Hall–Kier alpha value is -2.64. The SMILES string of the molecule is CC(C)(C)OC(=O)Nc1ncc(C(O)[C@H]2OC(C)(C)O[C@@H]2[C@H](O)CO[Si](c2ccccc2)(c2ccccc2)C(C)(C)C)s1. The fourth-order valence-electron chi connectivity index (χ4n) is 5.46. The predicted octanol–water partition coefficient (Wildman–Crippen LogP) is 4.98. The number of nitrogens with one attached hydrogen (secondary N) is 1. The summed E-state index contributed by atoms with van der Waals surface area (Å²) < 4.78 is 24.5. The van der Waals surface area contributed by atoms with E-state index in [1.807, 2.05) is 36.4 Å². The number of rotatable bonds is 9. The molecule has 4 atom stereocenters. The zero-order valence-electron chi connectivity index (χ0n) is 26.2. The van der Waals surface area contributed by atoms with E-state index in [0.29, 0.717) is 4.88 Å². The van der Waals surface area contributed by atoms with Crippen molar-refractivity contribution in [1.82, 2.24) is 4.98 Å². The van der Waals surface area contributed by atoms with E-state index < -0.39 is 50.2 Å². The van der Waals surface area contributed by atoms with Crippen molar-refractivity contribution in [2.24, 2.45) is 0 Å². The zero-order chi connectivity index (χ0) is 31.6. The van der Waals surface area contributed by atoms with Crippen LogP contribution in [0.1, 0.15) is 66.4 Å². The van der Waals surface area contributed by atoms with Gasteiger partial charge in [0, 0.05) is 6.20 Å². The molecule has 0 saturated carbocycles. The van der Waals surface area contributed by atoms with Crippen LogP contribution in [0.15, 0.2) is 66.9 Å². The average Bonchev–Trinajstić information content (AvgIpc) is 3.51. The molecular formula is C32H44N2O7SSi. The van der Waals surface area contributed by atoms with Gasteiger partial charge in [-0.1, -0.05) is 92.8 Å². The molecule has 234 valence electrons. The fourth-order valence-corrected chi connectivity index (χ4v) is 10.9. The van der Waals surface area contributed by atoms with Crippen LogP contribution in [0.5, 0.6) is 0 Å². The third-order valence-corrected chi connectivity index (χ3v) is 13.2. The van der Waals surface area contributed by atoms with E-state index in [-0.39, 0.29) is 16.8 Å². The van der Waals surface area contributed by atoms with Crippen molar-refractivity contribution >= 4 is 41.3 Å². The summed E-state index contributed by atoms with van der Waals surface area (Å²) in [5, 5.41) is 27.8. The Balaban J connectivity index is 1.57. The number of aliphatic hydroxyl groups excluding tert-OH is 2. The Morgan fingerprint density at radius 1 is 0.977 bits per heavy atom. The maximum atomic E-state index is 12.2. The van der Waals surface area contributed by atoms with E-state index in [0.717, 1.165) is 21.7 Å². The van der Waals surface area contributed by atoms with Crippen LogP contribution in [-0.4, -0.2) is 65.9 Å². The molecule has 1 aliphatic rings. The van der Waals surface area contributed by atoms with Gasteiger partial charge in [0.15, 0.2) is 10.9 Å². The second-order valence-electron chi connectivity index (χ2n) is 13.2. The normalized spacial score (nSPS) is 20.4. The van der Waals surface area contributed by atoms with Gasteiger partial charge in [0.2, 0.25) is 0 Å². The molecule has 1 aromatic heterocycles. The van der Waals surface area contributed by atoms with E-state index in [4.69, 9.17) is 18.6 Å². The highest BCUT2D eigenvalue weighted by Crippen LogP contribution is 2.40. The number of benzene rings is 2. The second kappa shape index (κ2) is 12.8. The van der Waals surface area contributed by atoms with E-state index in [1.54, 1.807) is 34.6 Å². The van der Waals surface area contributed by atoms with Gasteiger partial charge < -0.3 is 28.8 Å². The number of thiazole rings is 1. The van der Waals surface area contributed by atoms with Crippen molar-refractivity contribution < 1.29 is 33.6 Å². The highest BCUT2D eigenvalue weighted by atomic mass is 32.1. The average molecular weight is 629 g/mol. The molecule has 43 heavy (non-hydrogen) atoms. The first-order valence-corrected chi connectivity index (χ1v) is 17.2. The van der Waals surface area contributed by atoms with Crippen LogP contribution < -0.4 is 15.7 Å². The van der Waals surface area contributed by atoms with Crippen LogP contribution in [0.4, 0.5) is 9.93 Å². The Morgan fingerprint density at radius 2 is 1.51 bits per heavy atom. The number of aromatic nitrogens is 1. The number of hydrogen-bond donors (Lipinski definition) is 3. The van der Waals surface area contributed by atoms with E-state index in [2.05, 4.69) is 55.3 Å². The molecule has 11 heteroatoms. The lowest BCUT2D eigenvalue weighted by atomic mass is 10.0. The second-order valence-corrected chi connectivity index (χ2v) is 18.6. The Morgan fingerprint density at radius 3 is 2.02 bits per heavy atom. The van der Waals surface area contributed by atoms with Gasteiger partial charge in [-0.05, 0) is 50.0 Å². The Bertz CT molecular complexity index is 1320. The molecule has 1 amide bonds. The van der Waals surface area contributed by atoms with Gasteiger partial charge in [-0.15, -0.1) is 0 Å². The summed E-state index contributed by atoms with van der Waals surface area (Å²) in [6.45, 7) is 15.3. The van der Waals surface area contributed by atoms with E-state index >= 15 is 0 Å². The third kappa shape index (κ3) is 7.72. The van der Waals surface area contributed by atoms with Crippen LogP contribution in [0.25, 0.3) is 0 Å². The number of hydrogen-bond acceptors (Lipinski definition) is 9. The molecule has 1 unspecified atom stereocenters. The first-order chi connectivity index (χ1) is 20.0. The van der Waals surface area contributed by atoms with Crippen molar-refractivity contribution in [1.29, 1.82) is 0 Å². The monoisotopic (exact) mass is 628 g/mol. The molecule has 2 heterocycles. The topological polar surface area (TPSA) is 119 Å². The molecule has 1 fully saturated rings. The number of amides is 1. The maximum Gasteiger partial charge on any atom is 0.413 e. The van der Waals surface area contributed by atoms with Crippen LogP contribution >= 0.6 is 11.3 Å². The van der Waals surface area contributed by atoms with E-state index in [9.17, 15) is 15.0 Å². The lowest BCUT2D eigenvalue weighted by molar-refractivity contribution is -0.161. The van der Waals surface area contributed by atoms with Crippen LogP contribution in [0.2, 0.25) is 5.04 Å². The minimum Gasteiger partial charge on any atom is -0.444 e. The summed E-state index contributed by atoms with van der Waals surface area (Å²) in [6, 6.07) is 20.4. The maximum absolute atomic E-state index is 12.2. The van der Waals surface area contributed by atoms with Gasteiger partial charge in [-0.2, -0.15) is 0 Å². The lowest BCUT2D eigenvalue weighted by Crippen LogP contribution is -2.67. The number of ether oxygens (including phenoxy) is 3. The van der Waals surface area contributed by atoms with Crippen LogP contribution in [-0.2, 0) is 18.6 Å². The van der Waals surface area contributed by atoms with Gasteiger partial charge in [0.1, 0.15) is 30.0 Å². The largest absolute Gasteiger partial charge is 0.444 e. The molecule has 4 rings (SSSR count). The number of aliphatic hydroxyl groups is 2. The van der Waals surface area contributed by atoms with Crippen molar-refractivity contribution in [2.75, 3.05) is 11.9 Å². The minimum atomic E-state index is -2.92. The number of anilines is 1. The molecular weight excluding hydrogens is 585 g/mol. The summed E-state index contributed by atoms with van der Waals surface area (Å²) in [5.74, 6) is -1.06. The van der Waals surface area contributed by atoms with Gasteiger partial charge in [-0.25, -0.2) is 9.78 Å². The number of carbonyl (C=O) groups excluding carboxylic acids is 1.